The quantitative estimate of drug-likeness (QED) is 0.715. The van der Waals surface area contributed by atoms with Crippen LogP contribution in [0.1, 0.15) is 23.1 Å². The van der Waals surface area contributed by atoms with Crippen molar-refractivity contribution in [1.82, 2.24) is 4.98 Å². The van der Waals surface area contributed by atoms with E-state index in [1.807, 2.05) is 19.1 Å². The standard InChI is InChI=1S/C14H16N2O2/c1-8-5-9(7-17)6-11-12(8)13-10(14(18)16-11)3-2-4-15-13/h5-6,15,17H,2-4,7H2,1H3,(H,16,18). The number of fused-ring (bicyclic) bond motifs is 3. The molecule has 18 heavy (non-hydrogen) atoms. The fourth-order valence-electron chi connectivity index (χ4n) is 2.76. The van der Waals surface area contributed by atoms with Gasteiger partial charge in [-0.05, 0) is 37.0 Å². The highest BCUT2D eigenvalue weighted by Gasteiger charge is 2.17. The molecular weight excluding hydrogens is 228 g/mol. The van der Waals surface area contributed by atoms with Crippen LogP contribution in [-0.2, 0) is 13.0 Å². The number of aromatic amines is 1. The minimum Gasteiger partial charge on any atom is -0.392 e. The van der Waals surface area contributed by atoms with Gasteiger partial charge in [-0.1, -0.05) is 6.07 Å². The lowest BCUT2D eigenvalue weighted by atomic mass is 9.97. The lowest BCUT2D eigenvalue weighted by molar-refractivity contribution is 0.282. The number of aryl methyl sites for hydroxylation is 1. The van der Waals surface area contributed by atoms with Gasteiger partial charge in [-0.3, -0.25) is 4.79 Å². The predicted octanol–water partition coefficient (Wildman–Crippen LogP) is 1.69. The van der Waals surface area contributed by atoms with Crippen molar-refractivity contribution >= 4 is 16.6 Å². The summed E-state index contributed by atoms with van der Waals surface area (Å²) in [5.74, 6) is 0. The molecule has 4 heteroatoms. The molecule has 2 heterocycles. The lowest BCUT2D eigenvalue weighted by Gasteiger charge is -2.20. The molecule has 0 atom stereocenters. The van der Waals surface area contributed by atoms with Crippen molar-refractivity contribution in [3.63, 3.8) is 0 Å². The first kappa shape index (κ1) is 11.3. The summed E-state index contributed by atoms with van der Waals surface area (Å²) in [6, 6.07) is 3.82. The second-order valence-corrected chi connectivity index (χ2v) is 4.83. The molecule has 0 spiro atoms. The topological polar surface area (TPSA) is 65.1 Å². The number of hydrogen-bond donors (Lipinski definition) is 3. The predicted molar refractivity (Wildman–Crippen MR) is 72.0 cm³/mol. The van der Waals surface area contributed by atoms with Crippen molar-refractivity contribution < 1.29 is 5.11 Å². The van der Waals surface area contributed by atoms with Gasteiger partial charge in [0, 0.05) is 17.5 Å². The molecular formula is C14H16N2O2. The highest BCUT2D eigenvalue weighted by atomic mass is 16.3. The average Bonchev–Trinajstić information content (AvgIpc) is 2.38. The second-order valence-electron chi connectivity index (χ2n) is 4.83. The number of aromatic nitrogens is 1. The fraction of sp³-hybridized carbons (Fsp3) is 0.357. The SMILES string of the molecule is Cc1cc(CO)cc2[nH]c(=O)c3c(c12)NCCC3. The van der Waals surface area contributed by atoms with E-state index in [-0.39, 0.29) is 12.2 Å². The molecule has 4 nitrogen and oxygen atoms in total. The number of aliphatic hydroxyl groups is 1. The number of benzene rings is 1. The summed E-state index contributed by atoms with van der Waals surface area (Å²) in [5.41, 5.74) is 4.52. The van der Waals surface area contributed by atoms with Gasteiger partial charge in [0.2, 0.25) is 0 Å². The third-order valence-electron chi connectivity index (χ3n) is 3.56. The van der Waals surface area contributed by atoms with Crippen LogP contribution in [0.4, 0.5) is 5.69 Å². The van der Waals surface area contributed by atoms with Gasteiger partial charge in [0.1, 0.15) is 0 Å². The smallest absolute Gasteiger partial charge is 0.253 e. The number of H-pyrrole nitrogens is 1. The lowest BCUT2D eigenvalue weighted by Crippen LogP contribution is -2.22. The first-order valence-corrected chi connectivity index (χ1v) is 6.24. The highest BCUT2D eigenvalue weighted by Crippen LogP contribution is 2.30. The van der Waals surface area contributed by atoms with E-state index in [1.165, 1.54) is 0 Å². The number of anilines is 1. The average molecular weight is 244 g/mol. The Bertz CT molecular complexity index is 674. The Labute approximate surface area is 105 Å². The summed E-state index contributed by atoms with van der Waals surface area (Å²) in [6.07, 6.45) is 1.82. The number of hydrogen-bond acceptors (Lipinski definition) is 3. The van der Waals surface area contributed by atoms with Crippen LogP contribution in [0, 0.1) is 6.92 Å². The monoisotopic (exact) mass is 244 g/mol. The molecule has 0 unspecified atom stereocenters. The van der Waals surface area contributed by atoms with Gasteiger partial charge in [0.05, 0.1) is 17.8 Å². The molecule has 1 aromatic heterocycles. The molecule has 3 N–H and O–H groups in total. The van der Waals surface area contributed by atoms with Gasteiger partial charge in [0.15, 0.2) is 0 Å². The summed E-state index contributed by atoms with van der Waals surface area (Å²) in [5, 5.41) is 13.6. The maximum atomic E-state index is 12.0. The zero-order valence-electron chi connectivity index (χ0n) is 10.3. The van der Waals surface area contributed by atoms with Crippen LogP contribution in [0.15, 0.2) is 16.9 Å². The van der Waals surface area contributed by atoms with Crippen molar-refractivity contribution in [3.05, 3.63) is 39.2 Å². The van der Waals surface area contributed by atoms with Crippen LogP contribution in [0.25, 0.3) is 10.9 Å². The van der Waals surface area contributed by atoms with E-state index in [2.05, 4.69) is 10.3 Å². The number of pyridine rings is 1. The molecule has 1 aliphatic heterocycles. The Morgan fingerprint density at radius 3 is 3.00 bits per heavy atom. The maximum absolute atomic E-state index is 12.0. The summed E-state index contributed by atoms with van der Waals surface area (Å²) < 4.78 is 0. The zero-order chi connectivity index (χ0) is 12.7. The molecule has 0 aliphatic carbocycles. The van der Waals surface area contributed by atoms with Gasteiger partial charge in [-0.15, -0.1) is 0 Å². The van der Waals surface area contributed by atoms with E-state index in [0.29, 0.717) is 0 Å². The van der Waals surface area contributed by atoms with Gasteiger partial charge >= 0.3 is 0 Å². The van der Waals surface area contributed by atoms with Crippen LogP contribution in [0.2, 0.25) is 0 Å². The summed E-state index contributed by atoms with van der Waals surface area (Å²) in [4.78, 5) is 15.0. The minimum absolute atomic E-state index is 0.0106. The molecule has 0 radical (unpaired) electrons. The van der Waals surface area contributed by atoms with Crippen molar-refractivity contribution in [2.45, 2.75) is 26.4 Å². The number of rotatable bonds is 1. The number of nitrogens with one attached hydrogen (secondary N) is 2. The summed E-state index contributed by atoms with van der Waals surface area (Å²) >= 11 is 0. The maximum Gasteiger partial charge on any atom is 0.253 e. The van der Waals surface area contributed by atoms with E-state index >= 15 is 0 Å². The fourth-order valence-corrected chi connectivity index (χ4v) is 2.76. The van der Waals surface area contributed by atoms with Gasteiger partial charge in [-0.2, -0.15) is 0 Å². The Morgan fingerprint density at radius 1 is 1.39 bits per heavy atom. The van der Waals surface area contributed by atoms with E-state index in [0.717, 1.165) is 52.7 Å². The van der Waals surface area contributed by atoms with Crippen molar-refractivity contribution in [1.29, 1.82) is 0 Å². The van der Waals surface area contributed by atoms with Crippen LogP contribution in [0.5, 0.6) is 0 Å². The van der Waals surface area contributed by atoms with E-state index in [4.69, 9.17) is 0 Å². The largest absolute Gasteiger partial charge is 0.392 e. The van der Waals surface area contributed by atoms with Crippen molar-refractivity contribution in [2.24, 2.45) is 0 Å². The Hall–Kier alpha value is -1.81. The second kappa shape index (κ2) is 4.14. The number of aliphatic hydroxyl groups excluding tert-OH is 1. The van der Waals surface area contributed by atoms with E-state index in [1.54, 1.807) is 0 Å². The summed E-state index contributed by atoms with van der Waals surface area (Å²) in [6.45, 7) is 2.91. The van der Waals surface area contributed by atoms with Crippen molar-refractivity contribution in [3.8, 4) is 0 Å². The highest BCUT2D eigenvalue weighted by molar-refractivity contribution is 5.96. The molecule has 1 aromatic carbocycles. The third-order valence-corrected chi connectivity index (χ3v) is 3.56. The van der Waals surface area contributed by atoms with Crippen LogP contribution >= 0.6 is 0 Å². The van der Waals surface area contributed by atoms with Gasteiger partial charge in [-0.25, -0.2) is 0 Å². The van der Waals surface area contributed by atoms with Crippen molar-refractivity contribution in [2.75, 3.05) is 11.9 Å². The molecule has 0 saturated carbocycles. The van der Waals surface area contributed by atoms with Crippen LogP contribution < -0.4 is 10.9 Å². The third kappa shape index (κ3) is 1.61. The molecule has 1 aliphatic rings. The first-order chi connectivity index (χ1) is 8.70. The molecule has 0 bridgehead atoms. The first-order valence-electron chi connectivity index (χ1n) is 6.24. The summed E-state index contributed by atoms with van der Waals surface area (Å²) in [7, 11) is 0. The van der Waals surface area contributed by atoms with Gasteiger partial charge in [0.25, 0.3) is 5.56 Å². The molecule has 3 rings (SSSR count). The zero-order valence-corrected chi connectivity index (χ0v) is 10.3. The molecule has 0 amide bonds. The Kier molecular flexibility index (Phi) is 2.59. The molecule has 0 fully saturated rings. The van der Waals surface area contributed by atoms with Gasteiger partial charge < -0.3 is 15.4 Å². The Morgan fingerprint density at radius 2 is 2.22 bits per heavy atom. The minimum atomic E-state index is -0.0146. The molecule has 2 aromatic rings. The Balaban J connectivity index is 2.41. The van der Waals surface area contributed by atoms with E-state index in [9.17, 15) is 9.90 Å². The van der Waals surface area contributed by atoms with E-state index < -0.39 is 0 Å². The normalized spacial score (nSPS) is 14.3. The van der Waals surface area contributed by atoms with Crippen LogP contribution in [-0.4, -0.2) is 16.6 Å². The molecule has 0 saturated heterocycles. The molecule has 94 valence electrons. The van der Waals surface area contributed by atoms with Crippen LogP contribution in [0.3, 0.4) is 0 Å².